The molecule has 10 heteroatoms. The Morgan fingerprint density at radius 2 is 1.91 bits per heavy atom. The molecule has 3 rings (SSSR count). The van der Waals surface area contributed by atoms with Crippen molar-refractivity contribution in [2.24, 2.45) is 0 Å². The molecular formula is C22H24N2O6S2. The summed E-state index contributed by atoms with van der Waals surface area (Å²) in [6.45, 7) is 2.40. The molecule has 0 atom stereocenters. The maximum atomic E-state index is 12.4. The minimum absolute atomic E-state index is 0.0253. The first kappa shape index (κ1) is 23.7. The van der Waals surface area contributed by atoms with E-state index in [2.05, 4.69) is 4.98 Å². The summed E-state index contributed by atoms with van der Waals surface area (Å²) in [5.74, 6) is 0.640. The molecule has 0 aliphatic carbocycles. The topological polar surface area (TPSA) is 95.0 Å². The minimum Gasteiger partial charge on any atom is -0.493 e. The SMILES string of the molecule is CCOc1ccc(-c2nc(COC(=O)c3cccc(S(=O)(=O)N(C)C)c3)cs2)cc1OC. The molecule has 3 aromatic rings. The predicted molar refractivity (Wildman–Crippen MR) is 122 cm³/mol. The van der Waals surface area contributed by atoms with E-state index < -0.39 is 16.0 Å². The molecule has 0 saturated heterocycles. The molecule has 32 heavy (non-hydrogen) atoms. The predicted octanol–water partition coefficient (Wildman–Crippen LogP) is 3.82. The number of hydrogen-bond donors (Lipinski definition) is 0. The number of benzene rings is 2. The number of esters is 1. The summed E-state index contributed by atoms with van der Waals surface area (Å²) >= 11 is 1.41. The van der Waals surface area contributed by atoms with E-state index in [1.54, 1.807) is 12.5 Å². The third kappa shape index (κ3) is 5.26. The van der Waals surface area contributed by atoms with E-state index in [4.69, 9.17) is 14.2 Å². The van der Waals surface area contributed by atoms with Gasteiger partial charge in [-0.05, 0) is 43.3 Å². The van der Waals surface area contributed by atoms with Gasteiger partial charge in [-0.3, -0.25) is 0 Å². The molecule has 0 saturated carbocycles. The number of thiazole rings is 1. The van der Waals surface area contributed by atoms with E-state index in [0.29, 0.717) is 23.8 Å². The Bertz CT molecular complexity index is 1200. The van der Waals surface area contributed by atoms with Gasteiger partial charge in [0.2, 0.25) is 10.0 Å². The van der Waals surface area contributed by atoms with Crippen LogP contribution in [0.15, 0.2) is 52.7 Å². The largest absolute Gasteiger partial charge is 0.493 e. The van der Waals surface area contributed by atoms with Gasteiger partial charge >= 0.3 is 5.97 Å². The highest BCUT2D eigenvalue weighted by molar-refractivity contribution is 7.89. The van der Waals surface area contributed by atoms with E-state index in [0.717, 1.165) is 14.9 Å². The first-order valence-electron chi connectivity index (χ1n) is 9.71. The molecule has 1 heterocycles. The second kappa shape index (κ2) is 10.1. The summed E-state index contributed by atoms with van der Waals surface area (Å²) in [7, 11) is 0.794. The number of aromatic nitrogens is 1. The van der Waals surface area contributed by atoms with Crippen LogP contribution in [0.3, 0.4) is 0 Å². The van der Waals surface area contributed by atoms with Gasteiger partial charge in [-0.15, -0.1) is 11.3 Å². The number of carbonyl (C=O) groups excluding carboxylic acids is 1. The number of methoxy groups -OCH3 is 1. The molecule has 0 aliphatic rings. The summed E-state index contributed by atoms with van der Waals surface area (Å²) in [6.07, 6.45) is 0. The van der Waals surface area contributed by atoms with Gasteiger partial charge in [-0.2, -0.15) is 0 Å². The van der Waals surface area contributed by atoms with Crippen LogP contribution in [0.5, 0.6) is 11.5 Å². The Labute approximate surface area is 191 Å². The van der Waals surface area contributed by atoms with Crippen LogP contribution in [0, 0.1) is 0 Å². The van der Waals surface area contributed by atoms with Crippen LogP contribution in [0.4, 0.5) is 0 Å². The van der Waals surface area contributed by atoms with Gasteiger partial charge in [0, 0.05) is 25.0 Å². The fourth-order valence-corrected chi connectivity index (χ4v) is 4.55. The first-order chi connectivity index (χ1) is 15.3. The molecule has 0 amide bonds. The van der Waals surface area contributed by atoms with E-state index in [1.807, 2.05) is 25.1 Å². The smallest absolute Gasteiger partial charge is 0.338 e. The zero-order valence-electron chi connectivity index (χ0n) is 18.2. The quantitative estimate of drug-likeness (QED) is 0.433. The van der Waals surface area contributed by atoms with Crippen LogP contribution in [0.1, 0.15) is 23.0 Å². The Morgan fingerprint density at radius 3 is 2.59 bits per heavy atom. The molecule has 0 N–H and O–H groups in total. The van der Waals surface area contributed by atoms with Crippen molar-refractivity contribution in [3.63, 3.8) is 0 Å². The van der Waals surface area contributed by atoms with Crippen LogP contribution in [0.2, 0.25) is 0 Å². The van der Waals surface area contributed by atoms with Gasteiger partial charge in [0.15, 0.2) is 11.5 Å². The van der Waals surface area contributed by atoms with Crippen LogP contribution in [0.25, 0.3) is 10.6 Å². The van der Waals surface area contributed by atoms with E-state index >= 15 is 0 Å². The number of carbonyl (C=O) groups is 1. The van der Waals surface area contributed by atoms with Crippen molar-refractivity contribution in [1.29, 1.82) is 0 Å². The van der Waals surface area contributed by atoms with E-state index in [9.17, 15) is 13.2 Å². The maximum Gasteiger partial charge on any atom is 0.338 e. The van der Waals surface area contributed by atoms with Gasteiger partial charge < -0.3 is 14.2 Å². The zero-order chi connectivity index (χ0) is 23.3. The number of rotatable bonds is 9. The zero-order valence-corrected chi connectivity index (χ0v) is 19.8. The second-order valence-corrected chi connectivity index (χ2v) is 9.84. The van der Waals surface area contributed by atoms with Crippen LogP contribution >= 0.6 is 11.3 Å². The molecule has 8 nitrogen and oxygen atoms in total. The van der Waals surface area contributed by atoms with Crippen molar-refractivity contribution in [2.45, 2.75) is 18.4 Å². The molecule has 0 spiro atoms. The lowest BCUT2D eigenvalue weighted by atomic mass is 10.2. The van der Waals surface area contributed by atoms with Crippen molar-refractivity contribution in [3.05, 3.63) is 59.1 Å². The van der Waals surface area contributed by atoms with Gasteiger partial charge in [0.25, 0.3) is 0 Å². The molecule has 0 bridgehead atoms. The summed E-state index contributed by atoms with van der Waals surface area (Å²) in [5, 5.41) is 2.55. The van der Waals surface area contributed by atoms with E-state index in [1.165, 1.54) is 49.7 Å². The monoisotopic (exact) mass is 476 g/mol. The summed E-state index contributed by atoms with van der Waals surface area (Å²) in [6, 6.07) is 11.3. The highest BCUT2D eigenvalue weighted by Crippen LogP contribution is 2.34. The molecule has 0 radical (unpaired) electrons. The van der Waals surface area contributed by atoms with Crippen molar-refractivity contribution in [3.8, 4) is 22.1 Å². The number of sulfonamides is 1. The van der Waals surface area contributed by atoms with Gasteiger partial charge in [-0.25, -0.2) is 22.5 Å². The molecular weight excluding hydrogens is 452 g/mol. The highest BCUT2D eigenvalue weighted by Gasteiger charge is 2.19. The summed E-state index contributed by atoms with van der Waals surface area (Å²) < 4.78 is 41.9. The molecule has 1 aromatic heterocycles. The lowest BCUT2D eigenvalue weighted by molar-refractivity contribution is 0.0468. The molecule has 0 fully saturated rings. The van der Waals surface area contributed by atoms with Crippen molar-refractivity contribution in [1.82, 2.24) is 9.29 Å². The Balaban J connectivity index is 1.70. The van der Waals surface area contributed by atoms with Crippen molar-refractivity contribution in [2.75, 3.05) is 27.8 Å². The fourth-order valence-electron chi connectivity index (χ4n) is 2.80. The lowest BCUT2D eigenvalue weighted by Crippen LogP contribution is -2.22. The molecule has 170 valence electrons. The Morgan fingerprint density at radius 1 is 1.12 bits per heavy atom. The fraction of sp³-hybridized carbons (Fsp3) is 0.273. The number of hydrogen-bond acceptors (Lipinski definition) is 8. The van der Waals surface area contributed by atoms with Crippen LogP contribution < -0.4 is 9.47 Å². The third-order valence-corrected chi connectivity index (χ3v) is 7.21. The molecule has 0 unspecified atom stereocenters. The van der Waals surface area contributed by atoms with Crippen molar-refractivity contribution < 1.29 is 27.4 Å². The first-order valence-corrected chi connectivity index (χ1v) is 12.0. The normalized spacial score (nSPS) is 11.4. The lowest BCUT2D eigenvalue weighted by Gasteiger charge is -2.12. The Hall–Kier alpha value is -2.95. The Kier molecular flexibility index (Phi) is 7.49. The van der Waals surface area contributed by atoms with Gasteiger partial charge in [-0.1, -0.05) is 6.07 Å². The van der Waals surface area contributed by atoms with Gasteiger partial charge in [0.1, 0.15) is 11.6 Å². The standard InChI is InChI=1S/C22H24N2O6S2/c1-5-29-19-10-9-15(12-20(19)28-4)21-23-17(14-31-21)13-30-22(25)16-7-6-8-18(11-16)32(26,27)24(2)3/h6-12,14H,5,13H2,1-4H3. The van der Waals surface area contributed by atoms with Crippen LogP contribution in [-0.2, 0) is 21.4 Å². The maximum absolute atomic E-state index is 12.4. The third-order valence-electron chi connectivity index (χ3n) is 4.46. The number of ether oxygens (including phenoxy) is 3. The molecule has 0 aliphatic heterocycles. The number of nitrogens with zero attached hydrogens (tertiary/aromatic N) is 2. The van der Waals surface area contributed by atoms with Crippen molar-refractivity contribution >= 4 is 27.3 Å². The second-order valence-electron chi connectivity index (χ2n) is 6.83. The summed E-state index contributed by atoms with van der Waals surface area (Å²) in [4.78, 5) is 17.0. The van der Waals surface area contributed by atoms with E-state index in [-0.39, 0.29) is 17.1 Å². The highest BCUT2D eigenvalue weighted by atomic mass is 32.2. The minimum atomic E-state index is -3.64. The molecule has 2 aromatic carbocycles. The average Bonchev–Trinajstić information content (AvgIpc) is 3.27. The summed E-state index contributed by atoms with van der Waals surface area (Å²) in [5.41, 5.74) is 1.59. The average molecular weight is 477 g/mol. The van der Waals surface area contributed by atoms with Gasteiger partial charge in [0.05, 0.1) is 29.9 Å². The van der Waals surface area contributed by atoms with Crippen LogP contribution in [-0.4, -0.2) is 51.5 Å².